The van der Waals surface area contributed by atoms with Crippen LogP contribution in [0.25, 0.3) is 0 Å². The summed E-state index contributed by atoms with van der Waals surface area (Å²) in [5, 5.41) is 16.0. The van der Waals surface area contributed by atoms with Crippen molar-refractivity contribution in [3.05, 3.63) is 58.6 Å². The fourth-order valence-electron chi connectivity index (χ4n) is 3.76. The number of para-hydroxylation sites is 1. The minimum atomic E-state index is -1.10. The van der Waals surface area contributed by atoms with Crippen molar-refractivity contribution in [3.8, 4) is 5.75 Å². The van der Waals surface area contributed by atoms with E-state index in [-0.39, 0.29) is 12.3 Å². The van der Waals surface area contributed by atoms with Crippen molar-refractivity contribution in [2.24, 2.45) is 0 Å². The predicted octanol–water partition coefficient (Wildman–Crippen LogP) is 5.53. The highest BCUT2D eigenvalue weighted by Crippen LogP contribution is 2.30. The molecule has 3 amide bonds. The summed E-state index contributed by atoms with van der Waals surface area (Å²) in [5.41, 5.74) is 0.875. The van der Waals surface area contributed by atoms with Gasteiger partial charge in [0.2, 0.25) is 5.91 Å². The molecule has 0 saturated carbocycles. The van der Waals surface area contributed by atoms with Crippen LogP contribution in [-0.2, 0) is 14.3 Å². The van der Waals surface area contributed by atoms with Crippen LogP contribution in [0.3, 0.4) is 0 Å². The van der Waals surface area contributed by atoms with Crippen molar-refractivity contribution in [3.63, 3.8) is 0 Å². The number of rotatable bonds is 10. The molecule has 2 aromatic carbocycles. The number of hydrogen-bond donors (Lipinski definition) is 3. The van der Waals surface area contributed by atoms with Gasteiger partial charge in [0.25, 0.3) is 5.91 Å². The van der Waals surface area contributed by atoms with Crippen LogP contribution in [0.15, 0.2) is 42.5 Å². The lowest BCUT2D eigenvalue weighted by Gasteiger charge is -2.34. The first-order chi connectivity index (χ1) is 17.4. The number of alkyl carbamates (subject to hydrolysis) is 1. The Balaban J connectivity index is 2.47. The van der Waals surface area contributed by atoms with Gasteiger partial charge in [0, 0.05) is 6.54 Å². The lowest BCUT2D eigenvalue weighted by molar-refractivity contribution is -0.140. The first kappa shape index (κ1) is 30.3. The molecule has 2 unspecified atom stereocenters. The minimum absolute atomic E-state index is 0.0430. The highest BCUT2D eigenvalue weighted by molar-refractivity contribution is 7.98. The summed E-state index contributed by atoms with van der Waals surface area (Å²) in [6.07, 6.45) is 1.53. The maximum absolute atomic E-state index is 13.8. The van der Waals surface area contributed by atoms with E-state index in [9.17, 15) is 19.5 Å². The molecular weight excluding hydrogens is 514 g/mol. The van der Waals surface area contributed by atoms with Gasteiger partial charge in [-0.05, 0) is 82.4 Å². The molecule has 0 aliphatic heterocycles. The number of anilines is 1. The average Bonchev–Trinajstić information content (AvgIpc) is 2.80. The zero-order valence-electron chi connectivity index (χ0n) is 22.1. The first-order valence-electron chi connectivity index (χ1n) is 12.0. The number of likely N-dealkylation sites (N-methyl/N-ethyl adjacent to an activating group) is 1. The second kappa shape index (κ2) is 13.6. The third-order valence-corrected chi connectivity index (χ3v) is 6.40. The number of carbonyl (C=O) groups is 3. The number of carbonyl (C=O) groups excluding carboxylic acids is 3. The number of benzene rings is 2. The van der Waals surface area contributed by atoms with Gasteiger partial charge in [-0.25, -0.2) is 4.79 Å². The molecule has 0 aliphatic rings. The molecular formula is C27H36ClN3O5S. The lowest BCUT2D eigenvalue weighted by Crippen LogP contribution is -2.52. The van der Waals surface area contributed by atoms with E-state index in [0.29, 0.717) is 28.4 Å². The van der Waals surface area contributed by atoms with E-state index in [0.717, 1.165) is 5.56 Å². The molecule has 2 aromatic rings. The molecule has 202 valence electrons. The zero-order valence-corrected chi connectivity index (χ0v) is 23.7. The maximum atomic E-state index is 13.8. The number of ether oxygens (including phenoxy) is 1. The highest BCUT2D eigenvalue weighted by Gasteiger charge is 2.36. The van der Waals surface area contributed by atoms with Gasteiger partial charge in [-0.1, -0.05) is 35.9 Å². The lowest BCUT2D eigenvalue weighted by atomic mass is 10.0. The summed E-state index contributed by atoms with van der Waals surface area (Å²) >= 11 is 7.88. The van der Waals surface area contributed by atoms with Gasteiger partial charge in [-0.15, -0.1) is 0 Å². The molecule has 2 atom stereocenters. The van der Waals surface area contributed by atoms with E-state index in [1.54, 1.807) is 52.0 Å². The normalized spacial score (nSPS) is 12.8. The van der Waals surface area contributed by atoms with Crippen molar-refractivity contribution in [2.45, 2.75) is 58.7 Å². The molecule has 0 aliphatic carbocycles. The Kier molecular flexibility index (Phi) is 11.1. The van der Waals surface area contributed by atoms with Crippen molar-refractivity contribution in [2.75, 3.05) is 23.9 Å². The van der Waals surface area contributed by atoms with Crippen molar-refractivity contribution < 1.29 is 24.2 Å². The van der Waals surface area contributed by atoms with Gasteiger partial charge >= 0.3 is 6.09 Å². The van der Waals surface area contributed by atoms with Gasteiger partial charge < -0.3 is 25.4 Å². The molecule has 8 nitrogen and oxygen atoms in total. The van der Waals surface area contributed by atoms with Crippen LogP contribution in [0.1, 0.15) is 51.3 Å². The smallest absolute Gasteiger partial charge is 0.408 e. The molecule has 37 heavy (non-hydrogen) atoms. The molecule has 0 spiro atoms. The standard InChI is InChI=1S/C27H36ClN3O5S/c1-7-31(25(34)21(14-15-37-6)29-26(35)36-27(3,4)5)23(18-11-9-12-19(32)16-18)24(33)30-22-17(2)10-8-13-20(22)28/h8-13,16,21,23,32H,7,14-15H2,1-6H3,(H,29,35)(H,30,33). The van der Waals surface area contributed by atoms with Crippen molar-refractivity contribution in [1.82, 2.24) is 10.2 Å². The number of nitrogens with one attached hydrogen (secondary N) is 2. The number of phenolic OH excluding ortho intramolecular Hbond substituents is 1. The third-order valence-electron chi connectivity index (χ3n) is 5.44. The predicted molar refractivity (Wildman–Crippen MR) is 149 cm³/mol. The Labute approximate surface area is 228 Å². The molecule has 0 saturated heterocycles. The molecule has 2 rings (SSSR count). The Morgan fingerprint density at radius 3 is 2.41 bits per heavy atom. The topological polar surface area (TPSA) is 108 Å². The molecule has 0 bridgehead atoms. The number of hydrogen-bond acceptors (Lipinski definition) is 6. The number of halogens is 1. The van der Waals surface area contributed by atoms with Crippen LogP contribution in [-0.4, -0.2) is 58.1 Å². The van der Waals surface area contributed by atoms with E-state index in [1.807, 2.05) is 19.2 Å². The summed E-state index contributed by atoms with van der Waals surface area (Å²) in [5.74, 6) is -0.385. The fraction of sp³-hybridized carbons (Fsp3) is 0.444. The van der Waals surface area contributed by atoms with E-state index in [4.69, 9.17) is 16.3 Å². The van der Waals surface area contributed by atoms with Gasteiger partial charge in [0.1, 0.15) is 23.4 Å². The number of nitrogens with zero attached hydrogens (tertiary/aromatic N) is 1. The van der Waals surface area contributed by atoms with E-state index < -0.39 is 35.6 Å². The van der Waals surface area contributed by atoms with Crippen LogP contribution in [0.5, 0.6) is 5.75 Å². The number of aromatic hydroxyl groups is 1. The molecule has 3 N–H and O–H groups in total. The average molecular weight is 550 g/mol. The van der Waals surface area contributed by atoms with E-state index >= 15 is 0 Å². The van der Waals surface area contributed by atoms with E-state index in [2.05, 4.69) is 10.6 Å². The monoisotopic (exact) mass is 549 g/mol. The van der Waals surface area contributed by atoms with Crippen LogP contribution in [0, 0.1) is 6.92 Å². The summed E-state index contributed by atoms with van der Waals surface area (Å²) in [6.45, 7) is 8.95. The molecule has 0 aromatic heterocycles. The SMILES string of the molecule is CCN(C(=O)C(CCSC)NC(=O)OC(C)(C)C)C(C(=O)Nc1c(C)cccc1Cl)c1cccc(O)c1. The quantitative estimate of drug-likeness (QED) is 0.360. The molecule has 0 heterocycles. The van der Waals surface area contributed by atoms with Gasteiger partial charge in [0.15, 0.2) is 0 Å². The van der Waals surface area contributed by atoms with Crippen LogP contribution < -0.4 is 10.6 Å². The number of aryl methyl sites for hydroxylation is 1. The maximum Gasteiger partial charge on any atom is 0.408 e. The highest BCUT2D eigenvalue weighted by atomic mass is 35.5. The van der Waals surface area contributed by atoms with E-state index in [1.165, 1.54) is 28.8 Å². The molecule has 0 radical (unpaired) electrons. The fourth-order valence-corrected chi connectivity index (χ4v) is 4.50. The summed E-state index contributed by atoms with van der Waals surface area (Å²) in [4.78, 5) is 41.5. The Bertz CT molecular complexity index is 1090. The van der Waals surface area contributed by atoms with Crippen LogP contribution >= 0.6 is 23.4 Å². The summed E-state index contributed by atoms with van der Waals surface area (Å²) in [7, 11) is 0. The first-order valence-corrected chi connectivity index (χ1v) is 13.8. The number of phenols is 1. The Hall–Kier alpha value is -2.91. The van der Waals surface area contributed by atoms with Crippen LogP contribution in [0.2, 0.25) is 5.02 Å². The van der Waals surface area contributed by atoms with Gasteiger partial charge in [-0.2, -0.15) is 11.8 Å². The number of thioether (sulfide) groups is 1. The third kappa shape index (κ3) is 8.86. The minimum Gasteiger partial charge on any atom is -0.508 e. The van der Waals surface area contributed by atoms with Crippen molar-refractivity contribution >= 4 is 47.0 Å². The molecule has 0 fully saturated rings. The Morgan fingerprint density at radius 1 is 1.16 bits per heavy atom. The van der Waals surface area contributed by atoms with Gasteiger partial charge in [-0.3, -0.25) is 9.59 Å². The van der Waals surface area contributed by atoms with Crippen molar-refractivity contribution in [1.29, 1.82) is 0 Å². The second-order valence-electron chi connectivity index (χ2n) is 9.52. The van der Waals surface area contributed by atoms with Gasteiger partial charge in [0.05, 0.1) is 10.7 Å². The largest absolute Gasteiger partial charge is 0.508 e. The van der Waals surface area contributed by atoms with Crippen LogP contribution in [0.4, 0.5) is 10.5 Å². The zero-order chi connectivity index (χ0) is 27.8. The summed E-state index contributed by atoms with van der Waals surface area (Å²) < 4.78 is 5.37. The second-order valence-corrected chi connectivity index (χ2v) is 10.9. The number of amides is 3. The molecule has 10 heteroatoms. The Morgan fingerprint density at radius 2 is 1.84 bits per heavy atom. The summed E-state index contributed by atoms with van der Waals surface area (Å²) in [6, 6.07) is 9.44.